The highest BCUT2D eigenvalue weighted by Gasteiger charge is 2.46. The van der Waals surface area contributed by atoms with Crippen LogP contribution in [0.1, 0.15) is 30.0 Å². The van der Waals surface area contributed by atoms with Gasteiger partial charge in [0.05, 0.1) is 17.7 Å². The summed E-state index contributed by atoms with van der Waals surface area (Å²) >= 11 is 3.37. The van der Waals surface area contributed by atoms with Crippen LogP contribution in [-0.2, 0) is 14.3 Å². The summed E-state index contributed by atoms with van der Waals surface area (Å²) < 4.78 is 6.55. The fourth-order valence-electron chi connectivity index (χ4n) is 3.82. The lowest BCUT2D eigenvalue weighted by molar-refractivity contribution is -0.140. The van der Waals surface area contributed by atoms with Crippen LogP contribution >= 0.6 is 15.9 Å². The molecular weight excluding hydrogens is 422 g/mol. The minimum atomic E-state index is -0.660. The largest absolute Gasteiger partial charge is 0.507 e. The van der Waals surface area contributed by atoms with Crippen LogP contribution in [-0.4, -0.2) is 41.0 Å². The van der Waals surface area contributed by atoms with Crippen molar-refractivity contribution >= 4 is 33.4 Å². The normalized spacial score (nSPS) is 24.1. The van der Waals surface area contributed by atoms with E-state index in [1.54, 1.807) is 24.3 Å². The Balaban J connectivity index is 1.80. The number of ketones is 1. The Labute approximate surface area is 171 Å². The number of hydrogen-bond acceptors (Lipinski definition) is 4. The summed E-state index contributed by atoms with van der Waals surface area (Å²) in [5.74, 6) is -1.41. The highest BCUT2D eigenvalue weighted by atomic mass is 79.9. The number of Topliss-reactive ketones (excluding diaryl/α,β-unsaturated/α-hetero) is 1. The number of carbonyl (C=O) groups excluding carboxylic acids is 2. The zero-order valence-corrected chi connectivity index (χ0v) is 16.8. The first kappa shape index (κ1) is 18.9. The number of aliphatic hydroxyl groups is 1. The summed E-state index contributed by atoms with van der Waals surface area (Å²) in [7, 11) is 0. The summed E-state index contributed by atoms with van der Waals surface area (Å²) in [6.45, 7) is 1.00. The molecule has 1 amide bonds. The van der Waals surface area contributed by atoms with E-state index in [9.17, 15) is 14.7 Å². The van der Waals surface area contributed by atoms with Crippen molar-refractivity contribution in [3.8, 4) is 0 Å². The van der Waals surface area contributed by atoms with Gasteiger partial charge in [0, 0.05) is 23.2 Å². The second-order valence-corrected chi connectivity index (χ2v) is 7.92. The molecule has 0 bridgehead atoms. The average molecular weight is 442 g/mol. The summed E-state index contributed by atoms with van der Waals surface area (Å²) in [5, 5.41) is 10.9. The van der Waals surface area contributed by atoms with Crippen molar-refractivity contribution in [1.82, 2.24) is 4.90 Å². The lowest BCUT2D eigenvalue weighted by Gasteiger charge is -2.27. The molecule has 2 unspecified atom stereocenters. The molecule has 6 heteroatoms. The molecule has 2 fully saturated rings. The van der Waals surface area contributed by atoms with Gasteiger partial charge >= 0.3 is 0 Å². The third kappa shape index (κ3) is 3.50. The van der Waals surface area contributed by atoms with Gasteiger partial charge in [0.15, 0.2) is 0 Å². The van der Waals surface area contributed by atoms with E-state index < -0.39 is 17.7 Å². The number of hydrogen-bond donors (Lipinski definition) is 1. The zero-order valence-electron chi connectivity index (χ0n) is 15.2. The molecule has 28 heavy (non-hydrogen) atoms. The predicted octanol–water partition coefficient (Wildman–Crippen LogP) is 4.05. The summed E-state index contributed by atoms with van der Waals surface area (Å²) in [6.07, 6.45) is 1.72. The predicted molar refractivity (Wildman–Crippen MR) is 109 cm³/mol. The van der Waals surface area contributed by atoms with Crippen LogP contribution in [0.3, 0.4) is 0 Å². The molecule has 2 aromatic rings. The van der Waals surface area contributed by atoms with Gasteiger partial charge in [-0.15, -0.1) is 0 Å². The molecule has 0 radical (unpaired) electrons. The molecule has 0 saturated carbocycles. The van der Waals surface area contributed by atoms with E-state index >= 15 is 0 Å². The lowest BCUT2D eigenvalue weighted by Crippen LogP contribution is -2.36. The highest BCUT2D eigenvalue weighted by molar-refractivity contribution is 9.10. The summed E-state index contributed by atoms with van der Waals surface area (Å²) in [5.41, 5.74) is 1.41. The van der Waals surface area contributed by atoms with Crippen LogP contribution in [0.2, 0.25) is 0 Å². The molecule has 144 valence electrons. The molecule has 1 N–H and O–H groups in total. The van der Waals surface area contributed by atoms with Crippen LogP contribution in [0, 0.1) is 0 Å². The number of carbonyl (C=O) groups is 2. The molecule has 2 atom stereocenters. The second kappa shape index (κ2) is 7.89. The number of amides is 1. The van der Waals surface area contributed by atoms with Crippen molar-refractivity contribution in [2.24, 2.45) is 0 Å². The number of rotatable bonds is 4. The molecule has 5 nitrogen and oxygen atoms in total. The number of halogens is 1. The average Bonchev–Trinajstić information content (AvgIpc) is 3.31. The molecule has 0 spiro atoms. The first-order chi connectivity index (χ1) is 13.6. The van der Waals surface area contributed by atoms with E-state index in [1.165, 1.54) is 4.90 Å². The molecule has 0 aliphatic carbocycles. The maximum absolute atomic E-state index is 12.9. The van der Waals surface area contributed by atoms with Crippen molar-refractivity contribution in [2.75, 3.05) is 13.2 Å². The van der Waals surface area contributed by atoms with Crippen molar-refractivity contribution in [3.05, 3.63) is 75.8 Å². The van der Waals surface area contributed by atoms with Gasteiger partial charge in [-0.25, -0.2) is 0 Å². The van der Waals surface area contributed by atoms with Crippen LogP contribution in [0.4, 0.5) is 0 Å². The van der Waals surface area contributed by atoms with Gasteiger partial charge < -0.3 is 14.7 Å². The zero-order chi connectivity index (χ0) is 19.7. The van der Waals surface area contributed by atoms with Crippen molar-refractivity contribution in [1.29, 1.82) is 0 Å². The minimum absolute atomic E-state index is 0.0860. The van der Waals surface area contributed by atoms with Crippen molar-refractivity contribution in [2.45, 2.75) is 25.0 Å². The Bertz CT molecular complexity index is 917. The fraction of sp³-hybridized carbons (Fsp3) is 0.273. The summed E-state index contributed by atoms with van der Waals surface area (Å²) in [4.78, 5) is 27.3. The number of likely N-dealkylation sites (tertiary alicyclic amines) is 1. The van der Waals surface area contributed by atoms with E-state index in [1.807, 2.05) is 30.3 Å². The highest BCUT2D eigenvalue weighted by Crippen LogP contribution is 2.40. The Morgan fingerprint density at radius 2 is 1.82 bits per heavy atom. The first-order valence-corrected chi connectivity index (χ1v) is 10.1. The van der Waals surface area contributed by atoms with Gasteiger partial charge in [-0.2, -0.15) is 0 Å². The Morgan fingerprint density at radius 3 is 2.46 bits per heavy atom. The quantitative estimate of drug-likeness (QED) is 0.441. The topological polar surface area (TPSA) is 66.8 Å². The first-order valence-electron chi connectivity index (χ1n) is 9.27. The molecule has 2 saturated heterocycles. The van der Waals surface area contributed by atoms with Gasteiger partial charge in [0.1, 0.15) is 5.76 Å². The lowest BCUT2D eigenvalue weighted by atomic mass is 9.95. The number of aliphatic hydroxyl groups excluding tert-OH is 1. The third-order valence-electron chi connectivity index (χ3n) is 5.20. The van der Waals surface area contributed by atoms with Crippen LogP contribution < -0.4 is 0 Å². The Kier molecular flexibility index (Phi) is 5.33. The van der Waals surface area contributed by atoms with Crippen molar-refractivity contribution < 1.29 is 19.4 Å². The number of benzene rings is 2. The maximum Gasteiger partial charge on any atom is 0.295 e. The molecule has 0 aromatic heterocycles. The van der Waals surface area contributed by atoms with Crippen molar-refractivity contribution in [3.63, 3.8) is 0 Å². The molecule has 2 aliphatic rings. The Morgan fingerprint density at radius 1 is 1.11 bits per heavy atom. The van der Waals surface area contributed by atoms with Gasteiger partial charge in [-0.1, -0.05) is 58.4 Å². The second-order valence-electron chi connectivity index (χ2n) is 7.00. The van der Waals surface area contributed by atoms with Crippen LogP contribution in [0.15, 0.2) is 64.6 Å². The smallest absolute Gasteiger partial charge is 0.295 e. The molecule has 4 rings (SSSR count). The summed E-state index contributed by atoms with van der Waals surface area (Å²) in [6, 6.07) is 15.7. The monoisotopic (exact) mass is 441 g/mol. The van der Waals surface area contributed by atoms with E-state index in [-0.39, 0.29) is 17.4 Å². The maximum atomic E-state index is 12.9. The Hall–Kier alpha value is -2.44. The number of ether oxygens (including phenoxy) is 1. The van der Waals surface area contributed by atoms with Gasteiger partial charge in [-0.3, -0.25) is 9.59 Å². The molecule has 2 aromatic carbocycles. The van der Waals surface area contributed by atoms with E-state index in [0.29, 0.717) is 18.7 Å². The van der Waals surface area contributed by atoms with E-state index in [2.05, 4.69) is 15.9 Å². The molecule has 2 aliphatic heterocycles. The minimum Gasteiger partial charge on any atom is -0.507 e. The molecular formula is C22H20BrNO4. The SMILES string of the molecule is O=C1C(=O)N(CC2CCCO2)C(c2ccccc2)/C1=C(\O)c1ccc(Br)cc1. The third-order valence-corrected chi connectivity index (χ3v) is 5.73. The van der Waals surface area contributed by atoms with Gasteiger partial charge in [-0.05, 0) is 30.5 Å². The van der Waals surface area contributed by atoms with Crippen LogP contribution in [0.5, 0.6) is 0 Å². The van der Waals surface area contributed by atoms with Gasteiger partial charge in [0.25, 0.3) is 11.7 Å². The fourth-order valence-corrected chi connectivity index (χ4v) is 4.09. The van der Waals surface area contributed by atoms with E-state index in [4.69, 9.17) is 4.74 Å². The number of nitrogens with zero attached hydrogens (tertiary/aromatic N) is 1. The van der Waals surface area contributed by atoms with E-state index in [0.717, 1.165) is 22.9 Å². The van der Waals surface area contributed by atoms with Crippen LogP contribution in [0.25, 0.3) is 5.76 Å². The van der Waals surface area contributed by atoms with Gasteiger partial charge in [0.2, 0.25) is 0 Å². The molecule has 2 heterocycles. The standard InChI is InChI=1S/C22H20BrNO4/c23-16-10-8-15(9-11-16)20(25)18-19(14-5-2-1-3-6-14)24(22(27)21(18)26)13-17-7-4-12-28-17/h1-3,5-6,8-11,17,19,25H,4,7,12-13H2/b20-18+.